The fourth-order valence-electron chi connectivity index (χ4n) is 5.72. The van der Waals surface area contributed by atoms with Crippen molar-refractivity contribution >= 4 is 28.4 Å². The van der Waals surface area contributed by atoms with Crippen molar-refractivity contribution < 1.29 is 9.53 Å². The maximum absolute atomic E-state index is 14.3. The Labute approximate surface area is 273 Å². The molecule has 8 nitrogen and oxygen atoms in total. The van der Waals surface area contributed by atoms with Crippen molar-refractivity contribution in [3.63, 3.8) is 0 Å². The third kappa shape index (κ3) is 7.96. The number of hydrogen-bond donors (Lipinski definition) is 2. The molecule has 2 aromatic carbocycles. The van der Waals surface area contributed by atoms with Gasteiger partial charge in [0.1, 0.15) is 23.7 Å². The second-order valence-corrected chi connectivity index (χ2v) is 11.9. The summed E-state index contributed by atoms with van der Waals surface area (Å²) < 4.78 is 7.75. The monoisotopic (exact) mass is 621 g/mol. The lowest BCUT2D eigenvalue weighted by molar-refractivity contribution is 0.223. The summed E-state index contributed by atoms with van der Waals surface area (Å²) in [7, 11) is 0. The second kappa shape index (κ2) is 16.1. The number of aryl methyl sites for hydroxylation is 1. The third-order valence-electron chi connectivity index (χ3n) is 8.20. The molecule has 2 amide bonds. The number of benzene rings is 2. The van der Waals surface area contributed by atoms with E-state index in [1.54, 1.807) is 17.7 Å². The first-order chi connectivity index (χ1) is 22.2. The molecule has 0 saturated carbocycles. The van der Waals surface area contributed by atoms with Crippen molar-refractivity contribution in [3.8, 4) is 28.7 Å². The van der Waals surface area contributed by atoms with E-state index in [0.29, 0.717) is 36.5 Å². The summed E-state index contributed by atoms with van der Waals surface area (Å²) in [6.07, 6.45) is 2.15. The lowest BCUT2D eigenvalue weighted by Gasteiger charge is -2.22. The molecular formula is C38H47N5O3. The number of likely N-dealkylation sites (N-methyl/N-ethyl adjacent to an activating group) is 1. The summed E-state index contributed by atoms with van der Waals surface area (Å²) in [5.41, 5.74) is 4.55. The molecule has 0 saturated heterocycles. The SMILES string of the molecule is CC#CCCn1c(=O)c(NC(=O)Nc2c(C(C)C)cccc2C(C)C)c(-c2cccc(OCCN(CC)CC)c2)c2cccnc21. The minimum Gasteiger partial charge on any atom is -0.492 e. The van der Waals surface area contributed by atoms with Crippen LogP contribution in [0.1, 0.15) is 77.8 Å². The van der Waals surface area contributed by atoms with E-state index in [2.05, 4.69) is 73.9 Å². The van der Waals surface area contributed by atoms with E-state index in [4.69, 9.17) is 4.74 Å². The van der Waals surface area contributed by atoms with Crippen molar-refractivity contribution in [1.82, 2.24) is 14.5 Å². The van der Waals surface area contributed by atoms with E-state index >= 15 is 0 Å². The first-order valence-corrected chi connectivity index (χ1v) is 16.3. The number of carbonyl (C=O) groups excluding carboxylic acids is 1. The van der Waals surface area contributed by atoms with Crippen LogP contribution in [0.25, 0.3) is 22.2 Å². The minimum absolute atomic E-state index is 0.177. The van der Waals surface area contributed by atoms with Crippen LogP contribution in [0.4, 0.5) is 16.2 Å². The van der Waals surface area contributed by atoms with Gasteiger partial charge in [-0.25, -0.2) is 9.78 Å². The number of pyridine rings is 2. The number of fused-ring (bicyclic) bond motifs is 1. The average Bonchev–Trinajstić information content (AvgIpc) is 3.04. The Morgan fingerprint density at radius 3 is 2.28 bits per heavy atom. The molecule has 0 radical (unpaired) electrons. The molecule has 2 heterocycles. The van der Waals surface area contributed by atoms with Gasteiger partial charge in [0.05, 0.1) is 0 Å². The Morgan fingerprint density at radius 2 is 1.63 bits per heavy atom. The van der Waals surface area contributed by atoms with Gasteiger partial charge in [-0.3, -0.25) is 9.36 Å². The summed E-state index contributed by atoms with van der Waals surface area (Å²) in [6, 6.07) is 17.1. The summed E-state index contributed by atoms with van der Waals surface area (Å²) in [5, 5.41) is 6.83. The molecule has 4 aromatic rings. The largest absolute Gasteiger partial charge is 0.492 e. The Bertz CT molecular complexity index is 1750. The summed E-state index contributed by atoms with van der Waals surface area (Å²) in [6.45, 7) is 18.1. The predicted octanol–water partition coefficient (Wildman–Crippen LogP) is 8.09. The lowest BCUT2D eigenvalue weighted by Crippen LogP contribution is -2.30. The van der Waals surface area contributed by atoms with E-state index in [1.807, 2.05) is 54.6 Å². The summed E-state index contributed by atoms with van der Waals surface area (Å²) in [5.74, 6) is 7.02. The van der Waals surface area contributed by atoms with Gasteiger partial charge in [0.2, 0.25) is 0 Å². The zero-order chi connectivity index (χ0) is 33.2. The van der Waals surface area contributed by atoms with Gasteiger partial charge in [0, 0.05) is 42.3 Å². The predicted molar refractivity (Wildman–Crippen MR) is 190 cm³/mol. The fraction of sp³-hybridized carbons (Fsp3) is 0.395. The van der Waals surface area contributed by atoms with Crippen LogP contribution in [0.2, 0.25) is 0 Å². The van der Waals surface area contributed by atoms with Gasteiger partial charge in [-0.2, -0.15) is 0 Å². The Balaban J connectivity index is 1.83. The number of aromatic nitrogens is 2. The zero-order valence-corrected chi connectivity index (χ0v) is 28.2. The first kappa shape index (κ1) is 34.3. The second-order valence-electron chi connectivity index (χ2n) is 11.9. The van der Waals surface area contributed by atoms with E-state index in [1.165, 1.54) is 0 Å². The number of ether oxygens (including phenoxy) is 1. The van der Waals surface area contributed by atoms with Crippen molar-refractivity contribution in [1.29, 1.82) is 0 Å². The van der Waals surface area contributed by atoms with E-state index < -0.39 is 6.03 Å². The van der Waals surface area contributed by atoms with E-state index in [0.717, 1.165) is 47.4 Å². The number of nitrogens with one attached hydrogen (secondary N) is 2. The number of hydrogen-bond acceptors (Lipinski definition) is 5. The van der Waals surface area contributed by atoms with Gasteiger partial charge < -0.3 is 20.3 Å². The maximum atomic E-state index is 14.3. The smallest absolute Gasteiger partial charge is 0.323 e. The number of amides is 2. The molecule has 46 heavy (non-hydrogen) atoms. The van der Waals surface area contributed by atoms with Crippen molar-refractivity contribution in [2.75, 3.05) is 36.9 Å². The van der Waals surface area contributed by atoms with Crippen LogP contribution in [-0.2, 0) is 6.54 Å². The number of nitrogens with zero attached hydrogens (tertiary/aromatic N) is 3. The highest BCUT2D eigenvalue weighted by Gasteiger charge is 2.23. The number of carbonyl (C=O) groups is 1. The Morgan fingerprint density at radius 1 is 0.957 bits per heavy atom. The normalized spacial score (nSPS) is 11.2. The van der Waals surface area contributed by atoms with E-state index in [9.17, 15) is 9.59 Å². The van der Waals surface area contributed by atoms with Crippen LogP contribution in [0, 0.1) is 11.8 Å². The number of para-hydroxylation sites is 1. The van der Waals surface area contributed by atoms with Crippen molar-refractivity contribution in [3.05, 3.63) is 82.3 Å². The molecule has 0 atom stereocenters. The molecule has 0 spiro atoms. The molecular weight excluding hydrogens is 574 g/mol. The van der Waals surface area contributed by atoms with Crippen LogP contribution in [-0.4, -0.2) is 46.7 Å². The van der Waals surface area contributed by atoms with Crippen LogP contribution in [0.15, 0.2) is 65.6 Å². The highest BCUT2D eigenvalue weighted by Crippen LogP contribution is 2.36. The molecule has 0 aliphatic rings. The maximum Gasteiger partial charge on any atom is 0.323 e. The molecule has 242 valence electrons. The molecule has 2 N–H and O–H groups in total. The number of rotatable bonds is 13. The quantitative estimate of drug-likeness (QED) is 0.147. The molecule has 4 rings (SSSR count). The van der Waals surface area contributed by atoms with Gasteiger partial charge in [-0.15, -0.1) is 11.8 Å². The third-order valence-corrected chi connectivity index (χ3v) is 8.20. The van der Waals surface area contributed by atoms with Gasteiger partial charge in [-0.1, -0.05) is 71.9 Å². The van der Waals surface area contributed by atoms with Crippen LogP contribution >= 0.6 is 0 Å². The van der Waals surface area contributed by atoms with Gasteiger partial charge in [0.15, 0.2) is 0 Å². The Hall–Kier alpha value is -4.61. The fourth-order valence-corrected chi connectivity index (χ4v) is 5.72. The molecule has 0 unspecified atom stereocenters. The molecule has 2 aromatic heterocycles. The molecule has 0 bridgehead atoms. The average molecular weight is 622 g/mol. The van der Waals surface area contributed by atoms with Gasteiger partial charge in [0.25, 0.3) is 5.56 Å². The molecule has 0 aliphatic heterocycles. The highest BCUT2D eigenvalue weighted by atomic mass is 16.5. The van der Waals surface area contributed by atoms with Crippen molar-refractivity contribution in [2.24, 2.45) is 0 Å². The van der Waals surface area contributed by atoms with Crippen LogP contribution < -0.4 is 20.9 Å². The summed E-state index contributed by atoms with van der Waals surface area (Å²) >= 11 is 0. The van der Waals surface area contributed by atoms with Crippen LogP contribution in [0.5, 0.6) is 5.75 Å². The van der Waals surface area contributed by atoms with Crippen molar-refractivity contribution in [2.45, 2.75) is 73.3 Å². The minimum atomic E-state index is -0.483. The highest BCUT2D eigenvalue weighted by molar-refractivity contribution is 6.07. The number of anilines is 2. The zero-order valence-electron chi connectivity index (χ0n) is 28.2. The van der Waals surface area contributed by atoms with Gasteiger partial charge >= 0.3 is 6.03 Å². The molecule has 8 heteroatoms. The number of urea groups is 1. The topological polar surface area (TPSA) is 88.5 Å². The summed E-state index contributed by atoms with van der Waals surface area (Å²) in [4.78, 5) is 35.1. The Kier molecular flexibility index (Phi) is 12.0. The van der Waals surface area contributed by atoms with Gasteiger partial charge in [-0.05, 0) is 72.8 Å². The molecule has 0 aliphatic carbocycles. The molecule has 0 fully saturated rings. The van der Waals surface area contributed by atoms with Crippen LogP contribution in [0.3, 0.4) is 0 Å². The lowest BCUT2D eigenvalue weighted by atomic mass is 9.93. The standard InChI is InChI=1S/C38H47N5O3/c1-8-11-12-22-43-36-32(20-15-21-39-36)33(28-16-13-17-29(25-28)46-24-23-42(9-2)10-3)35(37(43)44)41-38(45)40-34-30(26(4)5)18-14-19-31(34)27(6)7/h13-21,25-27H,9-10,12,22-24H2,1-7H3,(H2,40,41,45). The first-order valence-electron chi connectivity index (χ1n) is 16.3. The van der Waals surface area contributed by atoms with E-state index in [-0.39, 0.29) is 23.1 Å².